The van der Waals surface area contributed by atoms with E-state index in [0.29, 0.717) is 5.91 Å². The third-order valence-electron chi connectivity index (χ3n) is 6.44. The smallest absolute Gasteiger partial charge is 0.414 e. The van der Waals surface area contributed by atoms with Gasteiger partial charge >= 0.3 is 11.9 Å². The van der Waals surface area contributed by atoms with Gasteiger partial charge in [-0.2, -0.15) is 0 Å². The molecule has 2 heterocycles. The molecule has 0 unspecified atom stereocenters. The molecular weight excluding hydrogens is 452 g/mol. The molecule has 0 radical (unpaired) electrons. The van der Waals surface area contributed by atoms with Crippen LogP contribution < -0.4 is 9.47 Å². The fourth-order valence-electron chi connectivity index (χ4n) is 4.53. The number of aliphatic carboxylic acids is 2. The maximum absolute atomic E-state index is 13.1. The number of benzene rings is 2. The van der Waals surface area contributed by atoms with Gasteiger partial charge in [0.05, 0.1) is 14.2 Å². The monoisotopic (exact) mass is 484 g/mol. The third kappa shape index (κ3) is 6.95. The van der Waals surface area contributed by atoms with E-state index in [1.807, 2.05) is 18.2 Å². The number of amides is 1. The molecule has 35 heavy (non-hydrogen) atoms. The van der Waals surface area contributed by atoms with Crippen molar-refractivity contribution < 1.29 is 34.1 Å². The first-order chi connectivity index (χ1) is 16.8. The highest BCUT2D eigenvalue weighted by Gasteiger charge is 2.30. The first-order valence-electron chi connectivity index (χ1n) is 11.6. The Morgan fingerprint density at radius 1 is 0.914 bits per heavy atom. The summed E-state index contributed by atoms with van der Waals surface area (Å²) in [5, 5.41) is 14.8. The Kier molecular flexibility index (Phi) is 9.08. The lowest BCUT2D eigenvalue weighted by molar-refractivity contribution is -0.159. The van der Waals surface area contributed by atoms with E-state index < -0.39 is 11.9 Å². The normalized spacial score (nSPS) is 15.9. The van der Waals surface area contributed by atoms with Crippen molar-refractivity contribution in [1.82, 2.24) is 9.80 Å². The van der Waals surface area contributed by atoms with Crippen LogP contribution in [-0.4, -0.2) is 71.7 Å². The fourth-order valence-corrected chi connectivity index (χ4v) is 4.53. The van der Waals surface area contributed by atoms with E-state index in [-0.39, 0.29) is 5.92 Å². The van der Waals surface area contributed by atoms with Gasteiger partial charge < -0.3 is 24.6 Å². The molecule has 2 N–H and O–H groups in total. The Labute approximate surface area is 204 Å². The molecule has 1 amide bonds. The molecule has 4 rings (SSSR count). The molecule has 9 heteroatoms. The summed E-state index contributed by atoms with van der Waals surface area (Å²) in [6.07, 6.45) is 2.81. The lowest BCUT2D eigenvalue weighted by Gasteiger charge is -2.36. The predicted octanol–water partition coefficient (Wildman–Crippen LogP) is 2.66. The van der Waals surface area contributed by atoms with Crippen molar-refractivity contribution in [1.29, 1.82) is 0 Å². The van der Waals surface area contributed by atoms with Gasteiger partial charge in [0.2, 0.25) is 5.91 Å². The molecular formula is C26H32N2O7. The Morgan fingerprint density at radius 3 is 2.17 bits per heavy atom. The van der Waals surface area contributed by atoms with Crippen LogP contribution in [0.1, 0.15) is 29.5 Å². The molecule has 2 aliphatic rings. The molecule has 188 valence electrons. The molecule has 2 aromatic rings. The standard InChI is InChI=1S/C24H30N2O3.C2H2O4/c1-28-22-7-8-23(29-2)21(15-22)16-25-12-9-19(10-13-25)24(27)26-14-11-18-5-3-4-6-20(18)17-26;3-1(4)2(5)6/h3-8,15,19H,9-14,16-17H2,1-2H3;(H,3,4)(H,5,6). The van der Waals surface area contributed by atoms with E-state index in [9.17, 15) is 4.79 Å². The summed E-state index contributed by atoms with van der Waals surface area (Å²) in [5.74, 6) is -1.45. The summed E-state index contributed by atoms with van der Waals surface area (Å²) in [6, 6.07) is 14.4. The van der Waals surface area contributed by atoms with Crippen molar-refractivity contribution in [2.75, 3.05) is 33.9 Å². The third-order valence-corrected chi connectivity index (χ3v) is 6.44. The molecule has 0 saturated carbocycles. The number of piperidine rings is 1. The fraction of sp³-hybridized carbons (Fsp3) is 0.423. The minimum Gasteiger partial charge on any atom is -0.497 e. The van der Waals surface area contributed by atoms with Gasteiger partial charge in [0, 0.05) is 31.1 Å². The predicted molar refractivity (Wildman–Crippen MR) is 128 cm³/mol. The highest BCUT2D eigenvalue weighted by Crippen LogP contribution is 2.28. The summed E-state index contributed by atoms with van der Waals surface area (Å²) < 4.78 is 10.9. The average Bonchev–Trinajstić information content (AvgIpc) is 2.88. The van der Waals surface area contributed by atoms with Crippen LogP contribution in [0.4, 0.5) is 0 Å². The summed E-state index contributed by atoms with van der Waals surface area (Å²) in [4.78, 5) is 35.8. The molecule has 0 bridgehead atoms. The van der Waals surface area contributed by atoms with Crippen LogP contribution in [0.2, 0.25) is 0 Å². The summed E-state index contributed by atoms with van der Waals surface area (Å²) in [6.45, 7) is 4.29. The van der Waals surface area contributed by atoms with Crippen molar-refractivity contribution >= 4 is 17.8 Å². The van der Waals surface area contributed by atoms with Gasteiger partial charge in [-0.05, 0) is 61.7 Å². The zero-order valence-corrected chi connectivity index (χ0v) is 20.1. The number of fused-ring (bicyclic) bond motifs is 1. The first kappa shape index (κ1) is 26.0. The van der Waals surface area contributed by atoms with Crippen molar-refractivity contribution in [3.63, 3.8) is 0 Å². The molecule has 0 atom stereocenters. The summed E-state index contributed by atoms with van der Waals surface area (Å²) in [7, 11) is 3.38. The summed E-state index contributed by atoms with van der Waals surface area (Å²) >= 11 is 0. The maximum atomic E-state index is 13.1. The quantitative estimate of drug-likeness (QED) is 0.623. The number of rotatable bonds is 5. The van der Waals surface area contributed by atoms with E-state index >= 15 is 0 Å². The van der Waals surface area contributed by atoms with Crippen LogP contribution in [0.25, 0.3) is 0 Å². The lowest BCUT2D eigenvalue weighted by Crippen LogP contribution is -2.44. The molecule has 0 aliphatic carbocycles. The minimum atomic E-state index is -1.82. The number of methoxy groups -OCH3 is 2. The van der Waals surface area contributed by atoms with Gasteiger partial charge in [0.25, 0.3) is 0 Å². The first-order valence-corrected chi connectivity index (χ1v) is 11.6. The highest BCUT2D eigenvalue weighted by atomic mass is 16.5. The van der Waals surface area contributed by atoms with Crippen LogP contribution in [0.15, 0.2) is 42.5 Å². The molecule has 0 spiro atoms. The highest BCUT2D eigenvalue weighted by molar-refractivity contribution is 6.27. The van der Waals surface area contributed by atoms with Crippen molar-refractivity contribution in [3.05, 3.63) is 59.2 Å². The van der Waals surface area contributed by atoms with E-state index in [2.05, 4.69) is 34.1 Å². The van der Waals surface area contributed by atoms with Crippen LogP contribution in [0.3, 0.4) is 0 Å². The number of carboxylic acid groups (broad SMARTS) is 2. The second-order valence-electron chi connectivity index (χ2n) is 8.62. The molecule has 1 fully saturated rings. The van der Waals surface area contributed by atoms with Gasteiger partial charge in [0.15, 0.2) is 0 Å². The Balaban J connectivity index is 0.000000509. The van der Waals surface area contributed by atoms with E-state index in [1.54, 1.807) is 14.2 Å². The second kappa shape index (κ2) is 12.2. The summed E-state index contributed by atoms with van der Waals surface area (Å²) in [5.41, 5.74) is 3.82. The number of carboxylic acids is 2. The average molecular weight is 485 g/mol. The van der Waals surface area contributed by atoms with Crippen LogP contribution >= 0.6 is 0 Å². The molecule has 1 saturated heterocycles. The number of likely N-dealkylation sites (tertiary alicyclic amines) is 1. The maximum Gasteiger partial charge on any atom is 0.414 e. The Bertz CT molecular complexity index is 1040. The molecule has 2 aliphatic heterocycles. The van der Waals surface area contributed by atoms with E-state index in [0.717, 1.165) is 69.0 Å². The molecule has 2 aromatic carbocycles. The van der Waals surface area contributed by atoms with Crippen LogP contribution in [-0.2, 0) is 33.9 Å². The van der Waals surface area contributed by atoms with Crippen LogP contribution in [0.5, 0.6) is 11.5 Å². The van der Waals surface area contributed by atoms with Gasteiger partial charge in [-0.15, -0.1) is 0 Å². The number of hydrogen-bond acceptors (Lipinski definition) is 6. The zero-order valence-electron chi connectivity index (χ0n) is 20.1. The second-order valence-corrected chi connectivity index (χ2v) is 8.62. The molecule has 0 aromatic heterocycles. The topological polar surface area (TPSA) is 117 Å². The van der Waals surface area contributed by atoms with Crippen molar-refractivity contribution in [3.8, 4) is 11.5 Å². The number of nitrogens with zero attached hydrogens (tertiary/aromatic N) is 2. The minimum absolute atomic E-state index is 0.142. The molecule has 9 nitrogen and oxygen atoms in total. The van der Waals surface area contributed by atoms with Crippen molar-refractivity contribution in [2.45, 2.75) is 32.4 Å². The largest absolute Gasteiger partial charge is 0.497 e. The van der Waals surface area contributed by atoms with Crippen LogP contribution in [0, 0.1) is 5.92 Å². The zero-order chi connectivity index (χ0) is 25.4. The SMILES string of the molecule is COc1ccc(OC)c(CN2CCC(C(=O)N3CCc4ccccc4C3)CC2)c1.O=C(O)C(=O)O. The number of carbonyl (C=O) groups is 3. The van der Waals surface area contributed by atoms with E-state index in [4.69, 9.17) is 29.3 Å². The van der Waals surface area contributed by atoms with Gasteiger partial charge in [-0.3, -0.25) is 9.69 Å². The van der Waals surface area contributed by atoms with Gasteiger partial charge in [0.1, 0.15) is 11.5 Å². The Morgan fingerprint density at radius 2 is 1.57 bits per heavy atom. The van der Waals surface area contributed by atoms with Crippen molar-refractivity contribution in [2.24, 2.45) is 5.92 Å². The number of hydrogen-bond donors (Lipinski definition) is 2. The van der Waals surface area contributed by atoms with Gasteiger partial charge in [-0.1, -0.05) is 24.3 Å². The van der Waals surface area contributed by atoms with Gasteiger partial charge in [-0.25, -0.2) is 9.59 Å². The van der Waals surface area contributed by atoms with E-state index in [1.165, 1.54) is 11.1 Å². The lowest BCUT2D eigenvalue weighted by atomic mass is 9.93. The Hall–Kier alpha value is -3.59. The number of ether oxygens (including phenoxy) is 2. The number of carbonyl (C=O) groups excluding carboxylic acids is 1.